The lowest BCUT2D eigenvalue weighted by molar-refractivity contribution is -0.117. The van der Waals surface area contributed by atoms with Gasteiger partial charge in [-0.15, -0.1) is 0 Å². The Kier molecular flexibility index (Phi) is 6.75. The second-order valence-corrected chi connectivity index (χ2v) is 6.32. The molecule has 8 heteroatoms. The number of likely N-dealkylation sites (N-methyl/N-ethyl adjacent to an activating group) is 1. The van der Waals surface area contributed by atoms with E-state index in [9.17, 15) is 9.59 Å². The van der Waals surface area contributed by atoms with Gasteiger partial charge in [-0.05, 0) is 30.8 Å². The fourth-order valence-electron chi connectivity index (χ4n) is 2.20. The first-order valence-electron chi connectivity index (χ1n) is 7.49. The summed E-state index contributed by atoms with van der Waals surface area (Å²) in [7, 11) is 3.41. The molecule has 0 bridgehead atoms. The van der Waals surface area contributed by atoms with E-state index in [-0.39, 0.29) is 29.2 Å². The molecule has 2 rings (SSSR count). The normalized spacial score (nSPS) is 10.6. The molecule has 0 saturated carbocycles. The summed E-state index contributed by atoms with van der Waals surface area (Å²) in [6.45, 7) is 0.723. The molecule has 6 nitrogen and oxygen atoms in total. The van der Waals surface area contributed by atoms with Crippen LogP contribution in [0.5, 0.6) is 0 Å². The van der Waals surface area contributed by atoms with E-state index in [2.05, 4.69) is 15.6 Å². The Morgan fingerprint density at radius 3 is 2.48 bits per heavy atom. The van der Waals surface area contributed by atoms with E-state index in [0.717, 1.165) is 5.56 Å². The predicted molar refractivity (Wildman–Crippen MR) is 99.1 cm³/mol. The monoisotopic (exact) mass is 380 g/mol. The molecule has 0 saturated heterocycles. The minimum atomic E-state index is -0.235. The highest BCUT2D eigenvalue weighted by Gasteiger charge is 2.11. The van der Waals surface area contributed by atoms with E-state index in [4.69, 9.17) is 23.2 Å². The highest BCUT2D eigenvalue weighted by molar-refractivity contribution is 6.36. The zero-order chi connectivity index (χ0) is 18.4. The van der Waals surface area contributed by atoms with Crippen LogP contribution in [0.4, 0.5) is 5.82 Å². The Bertz CT molecular complexity index is 766. The molecule has 2 aromatic rings. The van der Waals surface area contributed by atoms with Gasteiger partial charge < -0.3 is 10.6 Å². The molecule has 1 aromatic heterocycles. The quantitative estimate of drug-likeness (QED) is 0.807. The van der Waals surface area contributed by atoms with Crippen molar-refractivity contribution < 1.29 is 9.59 Å². The van der Waals surface area contributed by atoms with Crippen molar-refractivity contribution in [2.24, 2.45) is 0 Å². The average Bonchev–Trinajstić information content (AvgIpc) is 2.57. The van der Waals surface area contributed by atoms with Crippen LogP contribution in [-0.2, 0) is 11.3 Å². The maximum Gasteiger partial charge on any atom is 0.251 e. The standard InChI is InChI=1S/C17H18Cl2N4O2/c1-20-17(25)12-5-3-11(4-6-12)9-23(2)10-15(24)22-16-14(19)7-13(18)8-21-16/h3-8H,9-10H2,1-2H3,(H,20,25)(H,21,22,24). The zero-order valence-corrected chi connectivity index (χ0v) is 15.4. The summed E-state index contributed by atoms with van der Waals surface area (Å²) in [5.74, 6) is -0.0905. The Balaban J connectivity index is 1.89. The summed E-state index contributed by atoms with van der Waals surface area (Å²) in [6, 6.07) is 8.73. The number of nitrogens with zero attached hydrogens (tertiary/aromatic N) is 2. The number of nitrogens with one attached hydrogen (secondary N) is 2. The van der Waals surface area contributed by atoms with Crippen LogP contribution in [-0.4, -0.2) is 42.3 Å². The van der Waals surface area contributed by atoms with E-state index in [1.54, 1.807) is 19.2 Å². The van der Waals surface area contributed by atoms with Gasteiger partial charge in [-0.1, -0.05) is 35.3 Å². The van der Waals surface area contributed by atoms with Crippen molar-refractivity contribution in [2.75, 3.05) is 26.0 Å². The van der Waals surface area contributed by atoms with E-state index in [1.165, 1.54) is 12.3 Å². The fraction of sp³-hybridized carbons (Fsp3) is 0.235. The first-order valence-corrected chi connectivity index (χ1v) is 8.25. The van der Waals surface area contributed by atoms with Gasteiger partial charge in [0.05, 0.1) is 16.6 Å². The summed E-state index contributed by atoms with van der Waals surface area (Å²) >= 11 is 11.8. The molecule has 0 atom stereocenters. The largest absolute Gasteiger partial charge is 0.355 e. The fourth-order valence-corrected chi connectivity index (χ4v) is 2.62. The lowest BCUT2D eigenvalue weighted by atomic mass is 10.1. The minimum Gasteiger partial charge on any atom is -0.355 e. The van der Waals surface area contributed by atoms with Crippen molar-refractivity contribution in [1.29, 1.82) is 0 Å². The molecule has 0 aliphatic rings. The zero-order valence-electron chi connectivity index (χ0n) is 13.8. The van der Waals surface area contributed by atoms with Crippen LogP contribution in [0.25, 0.3) is 0 Å². The number of rotatable bonds is 6. The highest BCUT2D eigenvalue weighted by atomic mass is 35.5. The van der Waals surface area contributed by atoms with Gasteiger partial charge in [0.25, 0.3) is 5.91 Å². The van der Waals surface area contributed by atoms with Gasteiger partial charge in [0.2, 0.25) is 5.91 Å². The number of halogens is 2. The predicted octanol–water partition coefficient (Wildman–Crippen LogP) is 2.82. The summed E-state index contributed by atoms with van der Waals surface area (Å²) < 4.78 is 0. The van der Waals surface area contributed by atoms with Crippen molar-refractivity contribution >= 4 is 40.8 Å². The Labute approximate surface area is 156 Å². The maximum atomic E-state index is 12.1. The van der Waals surface area contributed by atoms with Gasteiger partial charge in [-0.25, -0.2) is 4.98 Å². The molecule has 1 heterocycles. The van der Waals surface area contributed by atoms with Crippen molar-refractivity contribution in [2.45, 2.75) is 6.54 Å². The summed E-state index contributed by atoms with van der Waals surface area (Å²) in [5.41, 5.74) is 1.58. The molecule has 2 N–H and O–H groups in total. The molecular weight excluding hydrogens is 363 g/mol. The van der Waals surface area contributed by atoms with Gasteiger partial charge >= 0.3 is 0 Å². The molecule has 0 radical (unpaired) electrons. The highest BCUT2D eigenvalue weighted by Crippen LogP contribution is 2.22. The number of carbonyl (C=O) groups excluding carboxylic acids is 2. The van der Waals surface area contributed by atoms with Crippen LogP contribution >= 0.6 is 23.2 Å². The number of amides is 2. The second-order valence-electron chi connectivity index (χ2n) is 5.48. The van der Waals surface area contributed by atoms with Crippen molar-refractivity contribution in [1.82, 2.24) is 15.2 Å². The number of carbonyl (C=O) groups is 2. The van der Waals surface area contributed by atoms with Gasteiger partial charge in [0.1, 0.15) is 0 Å². The first kappa shape index (κ1) is 19.2. The van der Waals surface area contributed by atoms with Crippen LogP contribution in [0.15, 0.2) is 36.5 Å². The third kappa shape index (κ3) is 5.70. The van der Waals surface area contributed by atoms with Crippen LogP contribution in [0, 0.1) is 0 Å². The molecule has 25 heavy (non-hydrogen) atoms. The molecule has 0 fully saturated rings. The van der Waals surface area contributed by atoms with Crippen molar-refractivity contribution in [3.05, 3.63) is 57.7 Å². The second kappa shape index (κ2) is 8.80. The number of aromatic nitrogens is 1. The van der Waals surface area contributed by atoms with Gasteiger partial charge in [-0.2, -0.15) is 0 Å². The first-order chi connectivity index (χ1) is 11.9. The molecule has 0 spiro atoms. The smallest absolute Gasteiger partial charge is 0.251 e. The molecular formula is C17H18Cl2N4O2. The summed E-state index contributed by atoms with van der Waals surface area (Å²) in [5, 5.41) is 5.91. The van der Waals surface area contributed by atoms with Crippen molar-refractivity contribution in [3.63, 3.8) is 0 Å². The molecule has 2 amide bonds. The number of hydrogen-bond donors (Lipinski definition) is 2. The Morgan fingerprint density at radius 2 is 1.88 bits per heavy atom. The van der Waals surface area contributed by atoms with Crippen LogP contribution < -0.4 is 10.6 Å². The van der Waals surface area contributed by atoms with E-state index in [1.807, 2.05) is 24.1 Å². The Morgan fingerprint density at radius 1 is 1.20 bits per heavy atom. The van der Waals surface area contributed by atoms with Gasteiger partial charge in [0, 0.05) is 25.4 Å². The third-order valence-corrected chi connectivity index (χ3v) is 3.87. The topological polar surface area (TPSA) is 74.3 Å². The minimum absolute atomic E-state index is 0.133. The number of anilines is 1. The lowest BCUT2D eigenvalue weighted by Crippen LogP contribution is -2.30. The van der Waals surface area contributed by atoms with Crippen LogP contribution in [0.1, 0.15) is 15.9 Å². The molecule has 132 valence electrons. The lowest BCUT2D eigenvalue weighted by Gasteiger charge is -2.16. The molecule has 1 aromatic carbocycles. The van der Waals surface area contributed by atoms with Crippen LogP contribution in [0.3, 0.4) is 0 Å². The summed E-state index contributed by atoms with van der Waals surface area (Å²) in [4.78, 5) is 29.4. The Hall–Kier alpha value is -2.15. The van der Waals surface area contributed by atoms with Gasteiger partial charge in [0.15, 0.2) is 5.82 Å². The van der Waals surface area contributed by atoms with Crippen molar-refractivity contribution in [3.8, 4) is 0 Å². The number of pyridine rings is 1. The van der Waals surface area contributed by atoms with E-state index in [0.29, 0.717) is 17.1 Å². The van der Waals surface area contributed by atoms with E-state index >= 15 is 0 Å². The third-order valence-electron chi connectivity index (χ3n) is 3.37. The van der Waals surface area contributed by atoms with E-state index < -0.39 is 0 Å². The van der Waals surface area contributed by atoms with Gasteiger partial charge in [-0.3, -0.25) is 14.5 Å². The number of hydrogen-bond acceptors (Lipinski definition) is 4. The molecule has 0 aliphatic carbocycles. The number of benzene rings is 1. The van der Waals surface area contributed by atoms with Crippen LogP contribution in [0.2, 0.25) is 10.0 Å². The SMILES string of the molecule is CNC(=O)c1ccc(CN(C)CC(=O)Nc2ncc(Cl)cc2Cl)cc1. The summed E-state index contributed by atoms with van der Waals surface area (Å²) in [6.07, 6.45) is 1.42. The molecule has 0 unspecified atom stereocenters. The maximum absolute atomic E-state index is 12.1. The average molecular weight is 381 g/mol. The molecule has 0 aliphatic heterocycles.